The molecule has 1 fully saturated rings. The van der Waals surface area contributed by atoms with Gasteiger partial charge in [-0.25, -0.2) is 9.18 Å². The molecule has 0 unspecified atom stereocenters. The molecule has 2 aromatic rings. The molecule has 2 aromatic carbocycles. The maximum atomic E-state index is 13.6. The summed E-state index contributed by atoms with van der Waals surface area (Å²) in [5.41, 5.74) is 2.68. The van der Waals surface area contributed by atoms with Crippen molar-refractivity contribution in [1.82, 2.24) is 15.5 Å². The summed E-state index contributed by atoms with van der Waals surface area (Å²) in [6.07, 6.45) is 2.57. The molecule has 1 saturated carbocycles. The van der Waals surface area contributed by atoms with E-state index in [1.54, 1.807) is 38.2 Å². The quantitative estimate of drug-likeness (QED) is 0.722. The van der Waals surface area contributed by atoms with Gasteiger partial charge in [-0.1, -0.05) is 12.1 Å². The van der Waals surface area contributed by atoms with Crippen LogP contribution in [0.1, 0.15) is 42.5 Å². The second kappa shape index (κ2) is 9.06. The van der Waals surface area contributed by atoms with Crippen molar-refractivity contribution < 1.29 is 23.5 Å². The highest BCUT2D eigenvalue weighted by Crippen LogP contribution is 2.41. The number of hydrogen-bond donors (Lipinski definition) is 2. The molecule has 0 aromatic heterocycles. The fourth-order valence-electron chi connectivity index (χ4n) is 4.06. The number of nitrogens with zero attached hydrogens (tertiary/aromatic N) is 1. The van der Waals surface area contributed by atoms with Gasteiger partial charge in [0.15, 0.2) is 11.5 Å². The first-order chi connectivity index (χ1) is 15.4. The van der Waals surface area contributed by atoms with E-state index in [2.05, 4.69) is 10.6 Å². The lowest BCUT2D eigenvalue weighted by atomic mass is 9.88. The van der Waals surface area contributed by atoms with Crippen LogP contribution in [0, 0.1) is 5.82 Å². The van der Waals surface area contributed by atoms with Gasteiger partial charge in [0.1, 0.15) is 11.9 Å². The predicted molar refractivity (Wildman–Crippen MR) is 117 cm³/mol. The largest absolute Gasteiger partial charge is 0.493 e. The minimum atomic E-state index is -0.663. The first-order valence-electron chi connectivity index (χ1n) is 10.8. The topological polar surface area (TPSA) is 79.9 Å². The number of nitrogens with one attached hydrogen (secondary N) is 2. The molecular formula is C24H28FN3O4. The Morgan fingerprint density at radius 2 is 1.75 bits per heavy atom. The van der Waals surface area contributed by atoms with E-state index in [9.17, 15) is 14.0 Å². The maximum absolute atomic E-state index is 13.6. The van der Waals surface area contributed by atoms with E-state index < -0.39 is 12.1 Å². The zero-order valence-electron chi connectivity index (χ0n) is 18.5. The zero-order valence-corrected chi connectivity index (χ0v) is 18.5. The molecular weight excluding hydrogens is 413 g/mol. The minimum Gasteiger partial charge on any atom is -0.493 e. The SMILES string of the molecule is COc1cc2c(cc1OC)[C@@H](c1ccc(F)cc1)N(C(=O)N[C@@H](C)C(=O)NC1CC1)CC2. The van der Waals surface area contributed by atoms with Gasteiger partial charge in [0, 0.05) is 12.6 Å². The molecule has 1 heterocycles. The summed E-state index contributed by atoms with van der Waals surface area (Å²) in [7, 11) is 3.14. The first kappa shape index (κ1) is 21.9. The molecule has 1 aliphatic heterocycles. The van der Waals surface area contributed by atoms with Gasteiger partial charge >= 0.3 is 6.03 Å². The number of urea groups is 1. The highest BCUT2D eigenvalue weighted by Gasteiger charge is 2.35. The second-order valence-electron chi connectivity index (χ2n) is 8.26. The number of ether oxygens (including phenoxy) is 2. The minimum absolute atomic E-state index is 0.192. The molecule has 4 rings (SSSR count). The van der Waals surface area contributed by atoms with E-state index in [0.29, 0.717) is 24.5 Å². The van der Waals surface area contributed by atoms with Crippen molar-refractivity contribution in [1.29, 1.82) is 0 Å². The molecule has 7 nitrogen and oxygen atoms in total. The molecule has 170 valence electrons. The summed E-state index contributed by atoms with van der Waals surface area (Å²) in [5.74, 6) is 0.631. The number of halogens is 1. The molecule has 0 saturated heterocycles. The van der Waals surface area contributed by atoms with Crippen LogP contribution in [0.4, 0.5) is 9.18 Å². The number of rotatable bonds is 6. The second-order valence-corrected chi connectivity index (χ2v) is 8.26. The van der Waals surface area contributed by atoms with Crippen LogP contribution in [-0.4, -0.2) is 49.7 Å². The third kappa shape index (κ3) is 4.49. The summed E-state index contributed by atoms with van der Waals surface area (Å²) in [5, 5.41) is 5.73. The number of amides is 3. The van der Waals surface area contributed by atoms with Crippen LogP contribution in [0.5, 0.6) is 11.5 Å². The van der Waals surface area contributed by atoms with Gasteiger partial charge in [0.2, 0.25) is 5.91 Å². The Hall–Kier alpha value is -3.29. The summed E-state index contributed by atoms with van der Waals surface area (Å²) in [6.45, 7) is 2.11. The van der Waals surface area contributed by atoms with E-state index in [1.807, 2.05) is 12.1 Å². The number of methoxy groups -OCH3 is 2. The summed E-state index contributed by atoms with van der Waals surface area (Å²) >= 11 is 0. The normalized spacial score (nSPS) is 18.4. The lowest BCUT2D eigenvalue weighted by Crippen LogP contribution is -2.52. The van der Waals surface area contributed by atoms with Gasteiger partial charge in [0.05, 0.1) is 20.3 Å². The van der Waals surface area contributed by atoms with E-state index in [0.717, 1.165) is 29.5 Å². The fraction of sp³-hybridized carbons (Fsp3) is 0.417. The van der Waals surface area contributed by atoms with Gasteiger partial charge in [-0.05, 0) is 67.1 Å². The Morgan fingerprint density at radius 1 is 1.09 bits per heavy atom. The summed E-state index contributed by atoms with van der Waals surface area (Å²) in [4.78, 5) is 27.3. The molecule has 1 aliphatic carbocycles. The Morgan fingerprint density at radius 3 is 2.38 bits per heavy atom. The van der Waals surface area contributed by atoms with Crippen molar-refractivity contribution in [2.24, 2.45) is 0 Å². The van der Waals surface area contributed by atoms with Crippen LogP contribution >= 0.6 is 0 Å². The molecule has 32 heavy (non-hydrogen) atoms. The molecule has 2 N–H and O–H groups in total. The smallest absolute Gasteiger partial charge is 0.318 e. The number of hydrogen-bond acceptors (Lipinski definition) is 4. The maximum Gasteiger partial charge on any atom is 0.318 e. The highest BCUT2D eigenvalue weighted by molar-refractivity contribution is 5.87. The number of fused-ring (bicyclic) bond motifs is 1. The summed E-state index contributed by atoms with van der Waals surface area (Å²) in [6, 6.07) is 8.65. The number of carbonyl (C=O) groups excluding carboxylic acids is 2. The molecule has 0 radical (unpaired) electrons. The molecule has 0 spiro atoms. The van der Waals surface area contributed by atoms with E-state index in [1.165, 1.54) is 12.1 Å². The first-order valence-corrected chi connectivity index (χ1v) is 10.8. The van der Waals surface area contributed by atoms with Crippen molar-refractivity contribution in [2.75, 3.05) is 20.8 Å². The Balaban J connectivity index is 1.66. The Kier molecular flexibility index (Phi) is 6.21. The molecule has 0 bridgehead atoms. The van der Waals surface area contributed by atoms with Crippen LogP contribution in [0.25, 0.3) is 0 Å². The zero-order chi connectivity index (χ0) is 22.8. The van der Waals surface area contributed by atoms with Crippen molar-refractivity contribution in [3.63, 3.8) is 0 Å². The average molecular weight is 442 g/mol. The van der Waals surface area contributed by atoms with Crippen molar-refractivity contribution in [2.45, 2.75) is 44.3 Å². The Bertz CT molecular complexity index is 1010. The van der Waals surface area contributed by atoms with E-state index in [-0.39, 0.29) is 23.8 Å². The Labute approximate surface area is 186 Å². The van der Waals surface area contributed by atoms with Crippen molar-refractivity contribution in [3.05, 3.63) is 58.9 Å². The monoisotopic (exact) mass is 441 g/mol. The standard InChI is InChI=1S/C24H28FN3O4/c1-14(23(29)27-18-8-9-18)26-24(30)28-11-10-16-12-20(31-2)21(32-3)13-19(16)22(28)15-4-6-17(25)7-5-15/h4-7,12-14,18,22H,8-11H2,1-3H3,(H,26,30)(H,27,29)/t14-,22+/m0/s1. The predicted octanol–water partition coefficient (Wildman–Crippen LogP) is 3.17. The van der Waals surface area contributed by atoms with Crippen molar-refractivity contribution in [3.8, 4) is 11.5 Å². The van der Waals surface area contributed by atoms with Crippen LogP contribution in [0.2, 0.25) is 0 Å². The van der Waals surface area contributed by atoms with Crippen molar-refractivity contribution >= 4 is 11.9 Å². The number of carbonyl (C=O) groups is 2. The molecule has 8 heteroatoms. The van der Waals surface area contributed by atoms with Crippen LogP contribution in [0.3, 0.4) is 0 Å². The van der Waals surface area contributed by atoms with Gasteiger partial charge in [-0.3, -0.25) is 4.79 Å². The summed E-state index contributed by atoms with van der Waals surface area (Å²) < 4.78 is 24.5. The highest BCUT2D eigenvalue weighted by atomic mass is 19.1. The van der Waals surface area contributed by atoms with Crippen LogP contribution in [0.15, 0.2) is 36.4 Å². The van der Waals surface area contributed by atoms with Crippen LogP contribution in [-0.2, 0) is 11.2 Å². The lowest BCUT2D eigenvalue weighted by Gasteiger charge is -2.38. The van der Waals surface area contributed by atoms with E-state index >= 15 is 0 Å². The average Bonchev–Trinajstić information content (AvgIpc) is 3.61. The van der Waals surface area contributed by atoms with Gasteiger partial charge in [-0.15, -0.1) is 0 Å². The third-order valence-electron chi connectivity index (χ3n) is 5.98. The number of benzene rings is 2. The molecule has 2 aliphatic rings. The molecule has 2 atom stereocenters. The lowest BCUT2D eigenvalue weighted by molar-refractivity contribution is -0.122. The van der Waals surface area contributed by atoms with Crippen LogP contribution < -0.4 is 20.1 Å². The van der Waals surface area contributed by atoms with Gasteiger partial charge in [0.25, 0.3) is 0 Å². The fourth-order valence-corrected chi connectivity index (χ4v) is 4.06. The third-order valence-corrected chi connectivity index (χ3v) is 5.98. The van der Waals surface area contributed by atoms with E-state index in [4.69, 9.17) is 9.47 Å². The molecule has 3 amide bonds. The van der Waals surface area contributed by atoms with Gasteiger partial charge in [-0.2, -0.15) is 0 Å². The van der Waals surface area contributed by atoms with Gasteiger partial charge < -0.3 is 25.0 Å².